The van der Waals surface area contributed by atoms with Gasteiger partial charge in [0.25, 0.3) is 40.5 Å². The van der Waals surface area contributed by atoms with Gasteiger partial charge < -0.3 is 20.8 Å². The van der Waals surface area contributed by atoms with Crippen LogP contribution < -0.4 is 10.6 Å². The smallest absolute Gasteiger partial charge is 0.298 e. The second-order valence-corrected chi connectivity index (χ2v) is 13.1. The second kappa shape index (κ2) is 15.5. The standard InChI is InChI=1S/C16H14N2O16S4.4Na/c19-13-7(37(29,30)31)1-5(17-3-35(23,24)25)9-11(13)16(22)10-6(18-4-36(26,27)28)2-8(38(32,33)34)14(20)12(10)15(9)21;;;;/h1-2,17-20H,3-4H2,(H,23,24,25)(H,26,27,28)(H,29,30,31)(H,32,33,34);;;;. The quantitative estimate of drug-likeness (QED) is 0.0673. The molecule has 3 rings (SSSR count). The number of hydrogen-bond acceptors (Lipinski definition) is 14. The van der Waals surface area contributed by atoms with Crippen LogP contribution in [0.3, 0.4) is 0 Å². The van der Waals surface area contributed by atoms with E-state index in [-0.39, 0.29) is 130 Å². The van der Waals surface area contributed by atoms with E-state index >= 15 is 0 Å². The summed E-state index contributed by atoms with van der Waals surface area (Å²) in [7, 11) is -20.6. The summed E-state index contributed by atoms with van der Waals surface area (Å²) >= 11 is 0. The minimum absolute atomic E-state index is 0. The van der Waals surface area contributed by atoms with E-state index in [1.807, 2.05) is 10.6 Å². The molecule has 0 saturated heterocycles. The molecule has 4 radical (unpaired) electrons. The number of fused-ring (bicyclic) bond motifs is 2. The van der Waals surface area contributed by atoms with Gasteiger partial charge in [-0.2, -0.15) is 33.7 Å². The van der Waals surface area contributed by atoms with Gasteiger partial charge in [-0.1, -0.05) is 0 Å². The van der Waals surface area contributed by atoms with Crippen molar-refractivity contribution in [3.8, 4) is 11.5 Å². The van der Waals surface area contributed by atoms with Gasteiger partial charge in [0.15, 0.2) is 0 Å². The van der Waals surface area contributed by atoms with E-state index in [0.29, 0.717) is 0 Å². The fourth-order valence-electron chi connectivity index (χ4n) is 3.47. The monoisotopic (exact) mass is 710 g/mol. The predicted molar refractivity (Wildman–Crippen MR) is 146 cm³/mol. The Labute approximate surface area is 326 Å². The fourth-order valence-corrected chi connectivity index (χ4v) is 5.37. The Kier molecular flexibility index (Phi) is 16.5. The van der Waals surface area contributed by atoms with Crippen LogP contribution in [0.15, 0.2) is 21.9 Å². The number of aromatic hydroxyl groups is 2. The number of phenolic OH excluding ortho intramolecular Hbond substituents is 2. The molecule has 0 bridgehead atoms. The number of anilines is 2. The molecule has 0 unspecified atom stereocenters. The van der Waals surface area contributed by atoms with Crippen LogP contribution in [0.4, 0.5) is 11.4 Å². The molecule has 0 heterocycles. The zero-order valence-electron chi connectivity index (χ0n) is 22.0. The zero-order chi connectivity index (χ0) is 29.2. The normalized spacial score (nSPS) is 12.8. The molecule has 0 amide bonds. The predicted octanol–water partition coefficient (Wildman–Crippen LogP) is -2.64. The number of hydrogen-bond donors (Lipinski definition) is 8. The topological polar surface area (TPSA) is 316 Å². The Hall–Kier alpha value is 0.620. The first kappa shape index (κ1) is 44.7. The molecule has 18 nitrogen and oxygen atoms in total. The summed E-state index contributed by atoms with van der Waals surface area (Å²) in [5.74, 6) is -9.21. The fraction of sp³-hybridized carbons (Fsp3) is 0.125. The van der Waals surface area contributed by atoms with Crippen LogP contribution in [-0.4, -0.2) is 204 Å². The largest absolute Gasteiger partial charge is 0.506 e. The maximum absolute atomic E-state index is 13.4. The first-order valence-corrected chi connectivity index (χ1v) is 15.4. The molecule has 0 spiro atoms. The number of rotatable bonds is 8. The van der Waals surface area contributed by atoms with Gasteiger partial charge in [0.1, 0.15) is 33.0 Å². The summed E-state index contributed by atoms with van der Waals surface area (Å²) in [6.45, 7) is 0. The van der Waals surface area contributed by atoms with Gasteiger partial charge in [0, 0.05) is 130 Å². The number of phenols is 2. The van der Waals surface area contributed by atoms with Crippen molar-refractivity contribution in [2.75, 3.05) is 22.4 Å². The molecule has 0 saturated carbocycles. The zero-order valence-corrected chi connectivity index (χ0v) is 33.2. The molecule has 1 aliphatic carbocycles. The maximum Gasteiger partial charge on any atom is 0.298 e. The average molecular weight is 711 g/mol. The van der Waals surface area contributed by atoms with Crippen molar-refractivity contribution < 1.29 is 71.7 Å². The van der Waals surface area contributed by atoms with Crippen LogP contribution in [0.1, 0.15) is 31.8 Å². The van der Waals surface area contributed by atoms with Gasteiger partial charge in [-0.15, -0.1) is 0 Å². The third-order valence-electron chi connectivity index (χ3n) is 4.88. The van der Waals surface area contributed by atoms with E-state index < -0.39 is 119 Å². The molecule has 2 aromatic rings. The van der Waals surface area contributed by atoms with Crippen LogP contribution in [0, 0.1) is 0 Å². The molecule has 2 aromatic carbocycles. The Bertz CT molecular complexity index is 1740. The second-order valence-electron chi connectivity index (χ2n) is 7.46. The van der Waals surface area contributed by atoms with E-state index in [1.165, 1.54) is 0 Å². The maximum atomic E-state index is 13.4. The molecular formula is C16H14N2Na4O16S4. The molecule has 0 fully saturated rings. The summed E-state index contributed by atoms with van der Waals surface area (Å²) < 4.78 is 129. The Balaban J connectivity index is 0. The Morgan fingerprint density at radius 1 is 0.524 bits per heavy atom. The van der Waals surface area contributed by atoms with Gasteiger partial charge in [-0.25, -0.2) is 0 Å². The summed E-state index contributed by atoms with van der Waals surface area (Å²) in [5, 5.41) is 24.7. The molecule has 42 heavy (non-hydrogen) atoms. The van der Waals surface area contributed by atoms with E-state index in [2.05, 4.69) is 0 Å². The number of carbonyl (C=O) groups excluding carboxylic acids is 2. The van der Waals surface area contributed by atoms with Crippen molar-refractivity contribution in [1.29, 1.82) is 0 Å². The van der Waals surface area contributed by atoms with Gasteiger partial charge in [0.05, 0.1) is 22.3 Å². The summed E-state index contributed by atoms with van der Waals surface area (Å²) in [4.78, 5) is 23.9. The van der Waals surface area contributed by atoms with Crippen LogP contribution in [-0.2, 0) is 40.5 Å². The van der Waals surface area contributed by atoms with Gasteiger partial charge in [-0.05, 0) is 12.1 Å². The third-order valence-corrected chi connectivity index (χ3v) is 7.64. The number of carbonyl (C=O) groups is 2. The van der Waals surface area contributed by atoms with Crippen LogP contribution >= 0.6 is 0 Å². The van der Waals surface area contributed by atoms with E-state index in [0.717, 1.165) is 0 Å². The first-order valence-electron chi connectivity index (χ1n) is 9.27. The van der Waals surface area contributed by atoms with E-state index in [4.69, 9.17) is 9.11 Å². The third kappa shape index (κ3) is 9.81. The van der Waals surface area contributed by atoms with Crippen LogP contribution in [0.5, 0.6) is 11.5 Å². The minimum atomic E-state index is -5.39. The van der Waals surface area contributed by atoms with Gasteiger partial charge in [0.2, 0.25) is 11.6 Å². The van der Waals surface area contributed by atoms with E-state index in [1.54, 1.807) is 0 Å². The molecular weight excluding hydrogens is 696 g/mol. The molecule has 26 heteroatoms. The van der Waals surface area contributed by atoms with Gasteiger partial charge >= 0.3 is 0 Å². The molecule has 0 aromatic heterocycles. The number of ketones is 2. The summed E-state index contributed by atoms with van der Waals surface area (Å²) in [6.07, 6.45) is 0. The molecule has 1 aliphatic rings. The molecule has 8 N–H and O–H groups in total. The summed E-state index contributed by atoms with van der Waals surface area (Å²) in [6, 6.07) is 0.568. The summed E-state index contributed by atoms with van der Waals surface area (Å²) in [5.41, 5.74) is -6.53. The molecule has 0 aliphatic heterocycles. The van der Waals surface area contributed by atoms with Crippen LogP contribution in [0.2, 0.25) is 0 Å². The van der Waals surface area contributed by atoms with Gasteiger partial charge in [-0.3, -0.25) is 27.8 Å². The molecule has 212 valence electrons. The average Bonchev–Trinajstić information content (AvgIpc) is 2.72. The van der Waals surface area contributed by atoms with Crippen molar-refractivity contribution in [1.82, 2.24) is 0 Å². The van der Waals surface area contributed by atoms with E-state index in [9.17, 15) is 62.6 Å². The number of nitrogens with one attached hydrogen (secondary N) is 2. The Morgan fingerprint density at radius 3 is 1.00 bits per heavy atom. The van der Waals surface area contributed by atoms with Crippen molar-refractivity contribution in [3.63, 3.8) is 0 Å². The van der Waals surface area contributed by atoms with Crippen molar-refractivity contribution in [2.45, 2.75) is 9.79 Å². The van der Waals surface area contributed by atoms with Crippen molar-refractivity contribution in [2.24, 2.45) is 0 Å². The SMILES string of the molecule is O=C1c2c(NCS(=O)(=O)O)cc(S(=O)(=O)O)c(O)c2C(=O)c2c(NCS(=O)(=O)O)cc(S(=O)(=O)O)c(O)c21.[Na].[Na].[Na].[Na]. The van der Waals surface area contributed by atoms with Crippen molar-refractivity contribution in [3.05, 3.63) is 34.4 Å². The first-order chi connectivity index (χ1) is 17.0. The molecule has 0 atom stereocenters. The number of benzene rings is 2. The Morgan fingerprint density at radius 2 is 0.786 bits per heavy atom. The minimum Gasteiger partial charge on any atom is -0.506 e. The van der Waals surface area contributed by atoms with Crippen molar-refractivity contribution >= 4 is 182 Å². The van der Waals surface area contributed by atoms with Crippen LogP contribution in [0.25, 0.3) is 0 Å².